The van der Waals surface area contributed by atoms with E-state index in [9.17, 15) is 5.26 Å². The second-order valence-electron chi connectivity index (χ2n) is 14.3. The molecule has 2 nitrogen and oxygen atoms in total. The lowest BCUT2D eigenvalue weighted by molar-refractivity contribution is 1.08. The van der Waals surface area contributed by atoms with Crippen molar-refractivity contribution < 1.29 is 0 Å². The van der Waals surface area contributed by atoms with Crippen LogP contribution in [0.4, 0.5) is 0 Å². The molecule has 1 N–H and O–H groups in total. The molecule has 0 bridgehead atoms. The summed E-state index contributed by atoms with van der Waals surface area (Å²) in [6.07, 6.45) is 6.15. The fraction of sp³-hybridized carbons (Fsp3) is 0.0577. The predicted octanol–water partition coefficient (Wildman–Crippen LogP) is 14.9. The number of rotatable bonds is 8. The van der Waals surface area contributed by atoms with Crippen LogP contribution in [0.3, 0.4) is 0 Å². The second-order valence-corrected chi connectivity index (χ2v) is 16.4. The Morgan fingerprint density at radius 2 is 1.23 bits per heavy atom. The van der Waals surface area contributed by atoms with Gasteiger partial charge in [-0.3, -0.25) is 0 Å². The third kappa shape index (κ3) is 6.51. The monoisotopic (exact) mass is 786 g/mol. The summed E-state index contributed by atoms with van der Waals surface area (Å²) in [5.41, 5.74) is 14.6. The van der Waals surface area contributed by atoms with Crippen LogP contribution in [0.1, 0.15) is 34.5 Å². The fourth-order valence-corrected chi connectivity index (χ4v) is 10.7. The Balaban J connectivity index is 0.00000422. The molecular formula is C52H38N2S3. The molecule has 57 heavy (non-hydrogen) atoms. The Hall–Kier alpha value is -6.00. The van der Waals surface area contributed by atoms with E-state index in [0.717, 1.165) is 39.9 Å². The standard InChI is InChI=1S/C52H36N2S2.H2S/c1-3-10-49-39(4-2)45-16-8-14-42(51(45)55-49)36-23-25-40(38(28-36)30-53)33-21-19-32(20-22-33)34-11-7-12-35(27-34)41-26-24-37(29-47(41)48-31-54-48)43-15-9-17-46-44-13-5-6-18-50(44)56-52(43)46;/h3-29,48,54H,2,31H2,1H3;1H2/b10-3-;. The van der Waals surface area contributed by atoms with Crippen molar-refractivity contribution in [1.82, 2.24) is 5.32 Å². The average molecular weight is 787 g/mol. The molecule has 2 aromatic heterocycles. The van der Waals surface area contributed by atoms with Crippen molar-refractivity contribution in [2.45, 2.75) is 13.0 Å². The van der Waals surface area contributed by atoms with Crippen LogP contribution in [0.25, 0.3) is 98.0 Å². The topological polar surface area (TPSA) is 45.7 Å². The summed E-state index contributed by atoms with van der Waals surface area (Å²) >= 11 is 3.65. The molecule has 1 aliphatic rings. The maximum Gasteiger partial charge on any atom is 0.0998 e. The molecule has 10 rings (SSSR count). The van der Waals surface area contributed by atoms with Gasteiger partial charge in [0.25, 0.3) is 0 Å². The van der Waals surface area contributed by atoms with Crippen molar-refractivity contribution >= 4 is 78.6 Å². The van der Waals surface area contributed by atoms with Gasteiger partial charge in [0.2, 0.25) is 0 Å². The van der Waals surface area contributed by atoms with E-state index in [1.54, 1.807) is 11.3 Å². The van der Waals surface area contributed by atoms with Crippen LogP contribution in [0.5, 0.6) is 0 Å². The van der Waals surface area contributed by atoms with E-state index in [4.69, 9.17) is 0 Å². The highest BCUT2D eigenvalue weighted by atomic mass is 32.1. The maximum atomic E-state index is 10.3. The molecule has 5 heteroatoms. The van der Waals surface area contributed by atoms with E-state index < -0.39 is 0 Å². The zero-order chi connectivity index (χ0) is 37.8. The molecule has 7 aromatic carbocycles. The van der Waals surface area contributed by atoms with Gasteiger partial charge in [-0.1, -0.05) is 140 Å². The Morgan fingerprint density at radius 1 is 0.614 bits per heavy atom. The smallest absolute Gasteiger partial charge is 0.0998 e. The number of nitrogens with zero attached hydrogens (tertiary/aromatic N) is 1. The van der Waals surface area contributed by atoms with Crippen LogP contribution in [-0.2, 0) is 0 Å². The van der Waals surface area contributed by atoms with Crippen LogP contribution in [0.15, 0.2) is 158 Å². The van der Waals surface area contributed by atoms with Gasteiger partial charge in [-0.05, 0) is 104 Å². The van der Waals surface area contributed by atoms with Gasteiger partial charge in [0.05, 0.1) is 11.6 Å². The molecule has 1 aliphatic heterocycles. The first-order valence-electron chi connectivity index (χ1n) is 19.0. The number of nitrogens with one attached hydrogen (secondary N) is 1. The number of allylic oxidation sites excluding steroid dienone is 1. The minimum absolute atomic E-state index is 0. The lowest BCUT2D eigenvalue weighted by Crippen LogP contribution is -1.93. The summed E-state index contributed by atoms with van der Waals surface area (Å²) in [4.78, 5) is 1.20. The van der Waals surface area contributed by atoms with Gasteiger partial charge in [0.1, 0.15) is 0 Å². The quantitative estimate of drug-likeness (QED) is 0.156. The van der Waals surface area contributed by atoms with Gasteiger partial charge in [-0.25, -0.2) is 0 Å². The summed E-state index contributed by atoms with van der Waals surface area (Å²) in [5, 5.41) is 17.8. The Morgan fingerprint density at radius 3 is 1.96 bits per heavy atom. The molecular weight excluding hydrogens is 749 g/mol. The number of hydrogen-bond donors (Lipinski definition) is 1. The summed E-state index contributed by atoms with van der Waals surface area (Å²) in [5.74, 6) is 0. The molecule has 1 unspecified atom stereocenters. The van der Waals surface area contributed by atoms with Gasteiger partial charge in [-0.15, -0.1) is 22.7 Å². The molecule has 1 atom stereocenters. The highest BCUT2D eigenvalue weighted by Gasteiger charge is 2.26. The summed E-state index contributed by atoms with van der Waals surface area (Å²) in [7, 11) is 0. The van der Waals surface area contributed by atoms with E-state index >= 15 is 0 Å². The van der Waals surface area contributed by atoms with Crippen molar-refractivity contribution in [3.63, 3.8) is 0 Å². The van der Waals surface area contributed by atoms with Gasteiger partial charge in [0, 0.05) is 47.7 Å². The molecule has 9 aromatic rings. The van der Waals surface area contributed by atoms with Crippen LogP contribution in [-0.4, -0.2) is 6.54 Å². The zero-order valence-electron chi connectivity index (χ0n) is 31.3. The third-order valence-corrected chi connectivity index (χ3v) is 13.4. The Bertz CT molecular complexity index is 3080. The number of thiophene rings is 2. The molecule has 0 saturated carbocycles. The summed E-state index contributed by atoms with van der Waals surface area (Å²) in [6.45, 7) is 7.11. The van der Waals surface area contributed by atoms with Crippen LogP contribution < -0.4 is 5.32 Å². The van der Waals surface area contributed by atoms with Crippen molar-refractivity contribution in [3.8, 4) is 61.7 Å². The van der Waals surface area contributed by atoms with E-state index in [2.05, 4.69) is 170 Å². The number of nitriles is 1. The number of benzene rings is 7. The van der Waals surface area contributed by atoms with Gasteiger partial charge < -0.3 is 5.32 Å². The summed E-state index contributed by atoms with van der Waals surface area (Å²) < 4.78 is 3.88. The highest BCUT2D eigenvalue weighted by molar-refractivity contribution is 7.59. The van der Waals surface area contributed by atoms with Crippen molar-refractivity contribution in [2.75, 3.05) is 6.54 Å². The first-order chi connectivity index (χ1) is 27.6. The molecule has 0 spiro atoms. The van der Waals surface area contributed by atoms with Crippen molar-refractivity contribution in [2.24, 2.45) is 0 Å². The van der Waals surface area contributed by atoms with E-state index in [-0.39, 0.29) is 13.5 Å². The Kier molecular flexibility index (Phi) is 9.74. The SMILES string of the molecule is C=Cc1c(/C=C\C)sc2c(-c3ccc(-c4ccc(-c5cccc(-c6ccc(-c7cccc8c7sc7ccccc78)cc6C6CN6)c5)cc4)c(C#N)c3)cccc12.S. The molecule has 3 heterocycles. The second kappa shape index (κ2) is 15.2. The first-order valence-corrected chi connectivity index (χ1v) is 20.6. The zero-order valence-corrected chi connectivity index (χ0v) is 34.0. The molecule has 1 saturated heterocycles. The lowest BCUT2D eigenvalue weighted by atomic mass is 9.91. The van der Waals surface area contributed by atoms with E-state index in [0.29, 0.717) is 11.6 Å². The maximum absolute atomic E-state index is 10.3. The van der Waals surface area contributed by atoms with Crippen LogP contribution >= 0.6 is 36.2 Å². The normalized spacial score (nSPS) is 13.6. The van der Waals surface area contributed by atoms with E-state index in [1.165, 1.54) is 68.5 Å². The first kappa shape index (κ1) is 36.6. The van der Waals surface area contributed by atoms with Gasteiger partial charge in [-0.2, -0.15) is 18.8 Å². The average Bonchev–Trinajstić information content (AvgIpc) is 3.94. The van der Waals surface area contributed by atoms with Gasteiger partial charge in [0.15, 0.2) is 0 Å². The number of fused-ring (bicyclic) bond motifs is 4. The lowest BCUT2D eigenvalue weighted by Gasteiger charge is -2.14. The highest BCUT2D eigenvalue weighted by Crippen LogP contribution is 2.44. The molecule has 0 amide bonds. The van der Waals surface area contributed by atoms with Crippen molar-refractivity contribution in [3.05, 3.63) is 180 Å². The van der Waals surface area contributed by atoms with Crippen LogP contribution in [0, 0.1) is 11.3 Å². The molecule has 274 valence electrons. The van der Waals surface area contributed by atoms with Crippen LogP contribution in [0.2, 0.25) is 0 Å². The number of hydrogen-bond acceptors (Lipinski definition) is 4. The third-order valence-electron chi connectivity index (χ3n) is 11.0. The fourth-order valence-electron chi connectivity index (χ4n) is 8.17. The molecule has 0 radical (unpaired) electrons. The predicted molar refractivity (Wildman–Crippen MR) is 253 cm³/mol. The van der Waals surface area contributed by atoms with Gasteiger partial charge >= 0.3 is 0 Å². The summed E-state index contributed by atoms with van der Waals surface area (Å²) in [6, 6.07) is 55.4. The minimum atomic E-state index is 0. The molecule has 1 fully saturated rings. The van der Waals surface area contributed by atoms with E-state index in [1.807, 2.05) is 30.4 Å². The minimum Gasteiger partial charge on any atom is -0.307 e. The molecule has 0 aliphatic carbocycles. The largest absolute Gasteiger partial charge is 0.307 e. The van der Waals surface area contributed by atoms with Crippen molar-refractivity contribution in [1.29, 1.82) is 5.26 Å². The Labute approximate surface area is 348 Å².